The zero-order valence-corrected chi connectivity index (χ0v) is 11.9. The molecule has 0 spiro atoms. The van der Waals surface area contributed by atoms with Crippen molar-refractivity contribution in [3.05, 3.63) is 35.4 Å². The van der Waals surface area contributed by atoms with Crippen molar-refractivity contribution in [3.8, 4) is 0 Å². The minimum atomic E-state index is 0.0999. The summed E-state index contributed by atoms with van der Waals surface area (Å²) in [5.41, 5.74) is 7.89. The van der Waals surface area contributed by atoms with Gasteiger partial charge in [0.1, 0.15) is 0 Å². The van der Waals surface area contributed by atoms with Crippen molar-refractivity contribution in [2.75, 3.05) is 20.3 Å². The molecule has 0 bridgehead atoms. The summed E-state index contributed by atoms with van der Waals surface area (Å²) in [7, 11) is 1.81. The smallest absolute Gasteiger partial charge is 0.224 e. The molecule has 0 aliphatic heterocycles. The van der Waals surface area contributed by atoms with Crippen LogP contribution in [0.25, 0.3) is 0 Å². The van der Waals surface area contributed by atoms with Crippen LogP contribution in [0.5, 0.6) is 0 Å². The topological polar surface area (TPSA) is 55.6 Å². The monoisotopic (exact) mass is 264 g/mol. The van der Waals surface area contributed by atoms with E-state index < -0.39 is 0 Å². The van der Waals surface area contributed by atoms with Crippen LogP contribution in [0.2, 0.25) is 0 Å². The number of carbonyl (C=O) groups is 1. The number of ether oxygens (including phenoxy) is 1. The molecule has 19 heavy (non-hydrogen) atoms. The molecule has 1 amide bonds. The van der Waals surface area contributed by atoms with Crippen LogP contribution >= 0.6 is 0 Å². The zero-order valence-electron chi connectivity index (χ0n) is 11.9. The van der Waals surface area contributed by atoms with Gasteiger partial charge in [-0.3, -0.25) is 4.79 Å². The lowest BCUT2D eigenvalue weighted by atomic mass is 10.1. The first-order chi connectivity index (χ1) is 9.19. The molecule has 0 unspecified atom stereocenters. The van der Waals surface area contributed by atoms with Crippen molar-refractivity contribution in [2.45, 2.75) is 32.9 Å². The Balaban J connectivity index is 2.45. The predicted molar refractivity (Wildman–Crippen MR) is 76.5 cm³/mol. The third-order valence-corrected chi connectivity index (χ3v) is 2.98. The lowest BCUT2D eigenvalue weighted by molar-refractivity contribution is -0.131. The third-order valence-electron chi connectivity index (χ3n) is 2.98. The van der Waals surface area contributed by atoms with Gasteiger partial charge in [-0.05, 0) is 17.5 Å². The van der Waals surface area contributed by atoms with Crippen molar-refractivity contribution in [1.29, 1.82) is 0 Å². The van der Waals surface area contributed by atoms with Crippen LogP contribution in [0.3, 0.4) is 0 Å². The van der Waals surface area contributed by atoms with Gasteiger partial charge >= 0.3 is 0 Å². The van der Waals surface area contributed by atoms with E-state index in [0.29, 0.717) is 32.7 Å². The fraction of sp³-hybridized carbons (Fsp3) is 0.533. The summed E-state index contributed by atoms with van der Waals surface area (Å²) in [6.45, 7) is 4.36. The van der Waals surface area contributed by atoms with E-state index in [1.54, 1.807) is 4.90 Å². The quantitative estimate of drug-likeness (QED) is 0.730. The Morgan fingerprint density at radius 3 is 2.58 bits per heavy atom. The first-order valence-corrected chi connectivity index (χ1v) is 6.77. The van der Waals surface area contributed by atoms with Crippen molar-refractivity contribution < 1.29 is 9.53 Å². The van der Waals surface area contributed by atoms with Crippen LogP contribution in [0, 0.1) is 0 Å². The first-order valence-electron chi connectivity index (χ1n) is 6.77. The second kappa shape index (κ2) is 8.67. The van der Waals surface area contributed by atoms with E-state index in [0.717, 1.165) is 17.5 Å². The molecule has 0 heterocycles. The highest BCUT2D eigenvalue weighted by Crippen LogP contribution is 2.11. The molecule has 4 nitrogen and oxygen atoms in total. The molecule has 0 saturated heterocycles. The highest BCUT2D eigenvalue weighted by Gasteiger charge is 2.10. The average Bonchev–Trinajstić information content (AvgIpc) is 2.44. The van der Waals surface area contributed by atoms with Gasteiger partial charge in [0.25, 0.3) is 0 Å². The lowest BCUT2D eigenvalue weighted by Gasteiger charge is -2.19. The van der Waals surface area contributed by atoms with E-state index in [2.05, 4.69) is 6.92 Å². The van der Waals surface area contributed by atoms with Crippen LogP contribution in [0.4, 0.5) is 0 Å². The summed E-state index contributed by atoms with van der Waals surface area (Å²) < 4.78 is 5.33. The molecule has 0 radical (unpaired) electrons. The standard InChI is InChI=1S/C15H24N2O2/c1-3-9-19-10-8-15(18)17(2)12-14-7-5-4-6-13(14)11-16/h4-7H,3,8-12,16H2,1-2H3. The number of nitrogens with zero attached hydrogens (tertiary/aromatic N) is 1. The Bertz CT molecular complexity index is 393. The molecule has 0 aliphatic rings. The molecule has 0 aliphatic carbocycles. The van der Waals surface area contributed by atoms with Crippen LogP contribution in [0.15, 0.2) is 24.3 Å². The van der Waals surface area contributed by atoms with Crippen molar-refractivity contribution in [1.82, 2.24) is 4.90 Å². The maximum atomic E-state index is 11.9. The fourth-order valence-corrected chi connectivity index (χ4v) is 1.85. The highest BCUT2D eigenvalue weighted by atomic mass is 16.5. The van der Waals surface area contributed by atoms with Crippen molar-refractivity contribution >= 4 is 5.91 Å². The highest BCUT2D eigenvalue weighted by molar-refractivity contribution is 5.76. The second-order valence-corrected chi connectivity index (χ2v) is 4.59. The number of nitrogens with two attached hydrogens (primary N) is 1. The predicted octanol–water partition coefficient (Wildman–Crippen LogP) is 1.92. The molecule has 1 rings (SSSR count). The van der Waals surface area contributed by atoms with Gasteiger partial charge in [0, 0.05) is 26.7 Å². The van der Waals surface area contributed by atoms with E-state index in [4.69, 9.17) is 10.5 Å². The van der Waals surface area contributed by atoms with Crippen molar-refractivity contribution in [3.63, 3.8) is 0 Å². The second-order valence-electron chi connectivity index (χ2n) is 4.59. The number of benzene rings is 1. The van der Waals surface area contributed by atoms with Gasteiger partial charge in [0.2, 0.25) is 5.91 Å². The minimum absolute atomic E-state index is 0.0999. The van der Waals surface area contributed by atoms with E-state index in [1.807, 2.05) is 31.3 Å². The molecule has 2 N–H and O–H groups in total. The number of rotatable bonds is 8. The van der Waals surface area contributed by atoms with E-state index in [-0.39, 0.29) is 5.91 Å². The van der Waals surface area contributed by atoms with Gasteiger partial charge < -0.3 is 15.4 Å². The van der Waals surface area contributed by atoms with Crippen LogP contribution < -0.4 is 5.73 Å². The lowest BCUT2D eigenvalue weighted by Crippen LogP contribution is -2.27. The van der Waals surface area contributed by atoms with E-state index in [1.165, 1.54) is 0 Å². The maximum absolute atomic E-state index is 11.9. The Morgan fingerprint density at radius 1 is 1.26 bits per heavy atom. The molecular weight excluding hydrogens is 240 g/mol. The Morgan fingerprint density at radius 2 is 1.95 bits per heavy atom. The van der Waals surface area contributed by atoms with Gasteiger partial charge in [0.05, 0.1) is 13.0 Å². The van der Waals surface area contributed by atoms with Crippen LogP contribution in [-0.4, -0.2) is 31.1 Å². The number of hydrogen-bond donors (Lipinski definition) is 1. The van der Waals surface area contributed by atoms with Gasteiger partial charge in [0.15, 0.2) is 0 Å². The summed E-state index contributed by atoms with van der Waals surface area (Å²) >= 11 is 0. The molecule has 0 fully saturated rings. The normalized spacial score (nSPS) is 10.5. The summed E-state index contributed by atoms with van der Waals surface area (Å²) in [4.78, 5) is 13.7. The Kier molecular flexibility index (Phi) is 7.15. The molecule has 4 heteroatoms. The molecular formula is C15H24N2O2. The van der Waals surface area contributed by atoms with Gasteiger partial charge in [-0.2, -0.15) is 0 Å². The number of hydrogen-bond acceptors (Lipinski definition) is 3. The number of amides is 1. The summed E-state index contributed by atoms with van der Waals surface area (Å²) in [5.74, 6) is 0.0999. The largest absolute Gasteiger partial charge is 0.381 e. The number of carbonyl (C=O) groups excluding carboxylic acids is 1. The molecule has 0 saturated carbocycles. The fourth-order valence-electron chi connectivity index (χ4n) is 1.85. The SMILES string of the molecule is CCCOCCC(=O)N(C)Cc1ccccc1CN. The first kappa shape index (κ1) is 15.7. The summed E-state index contributed by atoms with van der Waals surface area (Å²) in [5, 5.41) is 0. The maximum Gasteiger partial charge on any atom is 0.224 e. The van der Waals surface area contributed by atoms with Crippen LogP contribution in [0.1, 0.15) is 30.9 Å². The molecule has 0 aromatic heterocycles. The Hall–Kier alpha value is -1.39. The zero-order chi connectivity index (χ0) is 14.1. The van der Waals surface area contributed by atoms with Crippen molar-refractivity contribution in [2.24, 2.45) is 5.73 Å². The molecule has 106 valence electrons. The molecule has 0 atom stereocenters. The summed E-state index contributed by atoms with van der Waals surface area (Å²) in [6, 6.07) is 7.95. The van der Waals surface area contributed by atoms with Gasteiger partial charge in [-0.25, -0.2) is 0 Å². The van der Waals surface area contributed by atoms with Gasteiger partial charge in [-0.1, -0.05) is 31.2 Å². The van der Waals surface area contributed by atoms with Crippen LogP contribution in [-0.2, 0) is 22.6 Å². The summed E-state index contributed by atoms with van der Waals surface area (Å²) in [6.07, 6.45) is 1.41. The molecule has 1 aromatic carbocycles. The van der Waals surface area contributed by atoms with Gasteiger partial charge in [-0.15, -0.1) is 0 Å². The molecule has 1 aromatic rings. The Labute approximate surface area is 115 Å². The average molecular weight is 264 g/mol. The van der Waals surface area contributed by atoms with E-state index >= 15 is 0 Å². The third kappa shape index (κ3) is 5.41. The minimum Gasteiger partial charge on any atom is -0.381 e. The van der Waals surface area contributed by atoms with E-state index in [9.17, 15) is 4.79 Å².